The Morgan fingerprint density at radius 2 is 1.82 bits per heavy atom. The number of halogens is 2. The lowest BCUT2D eigenvalue weighted by molar-refractivity contribution is 0.0450. The largest absolute Gasteiger partial charge is 0.488 e. The van der Waals surface area contributed by atoms with E-state index in [4.69, 9.17) is 37.9 Å². The Morgan fingerprint density at radius 1 is 1.09 bits per heavy atom. The second-order valence-electron chi connectivity index (χ2n) is 4.25. The average molecular weight is 336 g/mol. The fraction of sp³-hybridized carbons (Fsp3) is 0.125. The number of nitrogens with zero attached hydrogens (tertiary/aromatic N) is 1. The predicted molar refractivity (Wildman–Crippen MR) is 83.4 cm³/mol. The van der Waals surface area contributed by atoms with Crippen molar-refractivity contribution >= 4 is 29.2 Å². The molecular formula is C16H11Cl2NO3. The van der Waals surface area contributed by atoms with Crippen LogP contribution < -0.4 is 4.74 Å². The summed E-state index contributed by atoms with van der Waals surface area (Å²) in [6, 6.07) is 13.0. The number of hydrogen-bond donors (Lipinski definition) is 0. The van der Waals surface area contributed by atoms with Crippen molar-refractivity contribution in [2.75, 3.05) is 13.2 Å². The molecular weight excluding hydrogens is 325 g/mol. The van der Waals surface area contributed by atoms with E-state index in [1.54, 1.807) is 30.3 Å². The molecule has 112 valence electrons. The number of carbonyl (C=O) groups excluding carboxylic acids is 1. The number of esters is 1. The monoisotopic (exact) mass is 335 g/mol. The minimum Gasteiger partial charge on any atom is -0.488 e. The maximum Gasteiger partial charge on any atom is 0.338 e. The smallest absolute Gasteiger partial charge is 0.338 e. The molecule has 0 amide bonds. The Hall–Kier alpha value is -2.22. The van der Waals surface area contributed by atoms with E-state index in [1.165, 1.54) is 12.1 Å². The minimum atomic E-state index is -0.477. The molecule has 2 rings (SSSR count). The molecule has 0 aliphatic rings. The van der Waals surface area contributed by atoms with Gasteiger partial charge in [0.15, 0.2) is 0 Å². The van der Waals surface area contributed by atoms with Crippen molar-refractivity contribution < 1.29 is 14.3 Å². The molecule has 4 nitrogen and oxygen atoms in total. The van der Waals surface area contributed by atoms with E-state index in [-0.39, 0.29) is 13.2 Å². The van der Waals surface area contributed by atoms with Crippen LogP contribution in [-0.4, -0.2) is 19.2 Å². The van der Waals surface area contributed by atoms with Crippen LogP contribution in [0, 0.1) is 11.3 Å². The molecule has 0 atom stereocenters. The predicted octanol–water partition coefficient (Wildman–Crippen LogP) is 4.10. The van der Waals surface area contributed by atoms with Gasteiger partial charge in [-0.15, -0.1) is 0 Å². The first-order valence-electron chi connectivity index (χ1n) is 6.35. The molecule has 0 saturated heterocycles. The van der Waals surface area contributed by atoms with E-state index in [1.807, 2.05) is 6.07 Å². The molecule has 6 heteroatoms. The summed E-state index contributed by atoms with van der Waals surface area (Å²) in [5, 5.41) is 9.60. The zero-order valence-corrected chi connectivity index (χ0v) is 12.9. The van der Waals surface area contributed by atoms with Crippen LogP contribution in [0.5, 0.6) is 5.75 Å². The van der Waals surface area contributed by atoms with E-state index >= 15 is 0 Å². The molecule has 0 N–H and O–H groups in total. The van der Waals surface area contributed by atoms with Crippen molar-refractivity contribution in [3.8, 4) is 11.8 Å². The summed E-state index contributed by atoms with van der Waals surface area (Å²) in [6.45, 7) is 0.251. The lowest BCUT2D eigenvalue weighted by atomic mass is 10.1. The summed E-state index contributed by atoms with van der Waals surface area (Å²) in [7, 11) is 0. The first kappa shape index (κ1) is 16.2. The van der Waals surface area contributed by atoms with Gasteiger partial charge in [0.2, 0.25) is 0 Å². The van der Waals surface area contributed by atoms with Gasteiger partial charge in [-0.05, 0) is 42.5 Å². The normalized spacial score (nSPS) is 9.86. The van der Waals surface area contributed by atoms with Crippen LogP contribution in [0.1, 0.15) is 15.9 Å². The highest BCUT2D eigenvalue weighted by Gasteiger charge is 2.07. The summed E-state index contributed by atoms with van der Waals surface area (Å²) >= 11 is 11.7. The van der Waals surface area contributed by atoms with Crippen molar-refractivity contribution in [3.63, 3.8) is 0 Å². The third-order valence-corrected chi connectivity index (χ3v) is 3.25. The van der Waals surface area contributed by atoms with Gasteiger partial charge in [-0.3, -0.25) is 0 Å². The van der Waals surface area contributed by atoms with Gasteiger partial charge >= 0.3 is 5.97 Å². The van der Waals surface area contributed by atoms with Gasteiger partial charge in [0.05, 0.1) is 22.2 Å². The number of hydrogen-bond acceptors (Lipinski definition) is 4. The lowest BCUT2D eigenvalue weighted by Crippen LogP contribution is -2.12. The highest BCUT2D eigenvalue weighted by Crippen LogP contribution is 2.27. The van der Waals surface area contributed by atoms with Crippen LogP contribution in [0.25, 0.3) is 0 Å². The topological polar surface area (TPSA) is 59.3 Å². The van der Waals surface area contributed by atoms with Crippen molar-refractivity contribution in [2.45, 2.75) is 0 Å². The van der Waals surface area contributed by atoms with Gasteiger partial charge in [0.1, 0.15) is 19.0 Å². The lowest BCUT2D eigenvalue weighted by Gasteiger charge is -2.09. The number of ether oxygens (including phenoxy) is 2. The maximum absolute atomic E-state index is 11.8. The number of benzene rings is 2. The van der Waals surface area contributed by atoms with Crippen LogP contribution in [0.3, 0.4) is 0 Å². The Balaban J connectivity index is 1.80. The van der Waals surface area contributed by atoms with Crippen molar-refractivity contribution in [1.29, 1.82) is 5.26 Å². The highest BCUT2D eigenvalue weighted by atomic mass is 35.5. The zero-order chi connectivity index (χ0) is 15.9. The Bertz CT molecular complexity index is 708. The summed E-state index contributed by atoms with van der Waals surface area (Å²) < 4.78 is 10.5. The molecule has 22 heavy (non-hydrogen) atoms. The maximum atomic E-state index is 11.8. The molecule has 0 spiro atoms. The van der Waals surface area contributed by atoms with Crippen LogP contribution in [0.15, 0.2) is 42.5 Å². The Morgan fingerprint density at radius 3 is 2.45 bits per heavy atom. The second-order valence-corrected chi connectivity index (χ2v) is 5.09. The summed E-state index contributed by atoms with van der Waals surface area (Å²) in [5.41, 5.74) is 0.862. The quantitative estimate of drug-likeness (QED) is 0.609. The van der Waals surface area contributed by atoms with Gasteiger partial charge < -0.3 is 9.47 Å². The van der Waals surface area contributed by atoms with Gasteiger partial charge in [-0.2, -0.15) is 5.26 Å². The Labute approximate surface area is 137 Å². The molecule has 0 fully saturated rings. The third kappa shape index (κ3) is 4.39. The SMILES string of the molecule is N#Cc1ccc(C(=O)OCCOc2ccc(Cl)cc2Cl)cc1. The van der Waals surface area contributed by atoms with Crippen molar-refractivity contribution in [2.24, 2.45) is 0 Å². The summed E-state index contributed by atoms with van der Waals surface area (Å²) in [6.07, 6.45) is 0. The zero-order valence-electron chi connectivity index (χ0n) is 11.4. The van der Waals surface area contributed by atoms with Crippen molar-refractivity contribution in [1.82, 2.24) is 0 Å². The first-order valence-corrected chi connectivity index (χ1v) is 7.11. The standard InChI is InChI=1S/C16H11Cl2NO3/c17-13-5-6-15(14(18)9-13)21-7-8-22-16(20)12-3-1-11(10-19)2-4-12/h1-6,9H,7-8H2. The molecule has 0 bridgehead atoms. The Kier molecular flexibility index (Phi) is 5.65. The minimum absolute atomic E-state index is 0.0811. The molecule has 0 heterocycles. The number of rotatable bonds is 5. The van der Waals surface area contributed by atoms with Crippen LogP contribution in [0.2, 0.25) is 10.0 Å². The van der Waals surface area contributed by atoms with Gasteiger partial charge in [-0.25, -0.2) is 4.79 Å². The molecule has 0 aliphatic carbocycles. The fourth-order valence-corrected chi connectivity index (χ4v) is 2.11. The molecule has 2 aromatic rings. The fourth-order valence-electron chi connectivity index (χ4n) is 1.64. The molecule has 0 radical (unpaired) electrons. The average Bonchev–Trinajstić information content (AvgIpc) is 2.53. The first-order chi connectivity index (χ1) is 10.6. The highest BCUT2D eigenvalue weighted by molar-refractivity contribution is 6.35. The van der Waals surface area contributed by atoms with E-state index in [0.29, 0.717) is 26.9 Å². The van der Waals surface area contributed by atoms with Crippen molar-refractivity contribution in [3.05, 3.63) is 63.6 Å². The van der Waals surface area contributed by atoms with Gasteiger partial charge in [-0.1, -0.05) is 23.2 Å². The van der Waals surface area contributed by atoms with Crippen LogP contribution >= 0.6 is 23.2 Å². The second kappa shape index (κ2) is 7.69. The molecule has 0 saturated carbocycles. The van der Waals surface area contributed by atoms with E-state index in [2.05, 4.69) is 0 Å². The molecule has 0 aliphatic heterocycles. The molecule has 2 aromatic carbocycles. The van der Waals surface area contributed by atoms with Gasteiger partial charge in [0.25, 0.3) is 0 Å². The number of nitriles is 1. The number of carbonyl (C=O) groups is 1. The summed E-state index contributed by atoms with van der Waals surface area (Å²) in [5.74, 6) is -0.00391. The molecule has 0 unspecified atom stereocenters. The van der Waals surface area contributed by atoms with E-state index < -0.39 is 5.97 Å². The van der Waals surface area contributed by atoms with Crippen LogP contribution in [0.4, 0.5) is 0 Å². The van der Waals surface area contributed by atoms with E-state index in [9.17, 15) is 4.79 Å². The third-order valence-electron chi connectivity index (χ3n) is 2.72. The molecule has 0 aromatic heterocycles. The summed E-state index contributed by atoms with van der Waals surface area (Å²) in [4.78, 5) is 11.8. The van der Waals surface area contributed by atoms with Gasteiger partial charge in [0, 0.05) is 5.02 Å². The van der Waals surface area contributed by atoms with Crippen LogP contribution in [-0.2, 0) is 4.74 Å². The van der Waals surface area contributed by atoms with E-state index in [0.717, 1.165) is 0 Å².